The van der Waals surface area contributed by atoms with E-state index in [1.807, 2.05) is 0 Å². The molecule has 0 aliphatic carbocycles. The summed E-state index contributed by atoms with van der Waals surface area (Å²) in [6, 6.07) is 0.585. The number of hydrogen-bond acceptors (Lipinski definition) is 3. The SMILES string of the molecule is CC1CCCNC1C(=O)NCCCN(C)C(C)C. The zero-order valence-electron chi connectivity index (χ0n) is 12.3. The zero-order chi connectivity index (χ0) is 13.5. The van der Waals surface area contributed by atoms with Crippen LogP contribution in [0.25, 0.3) is 0 Å². The molecule has 18 heavy (non-hydrogen) atoms. The molecular formula is C14H29N3O. The number of piperidine rings is 1. The standard InChI is InChI=1S/C14H29N3O/c1-11(2)17(4)10-6-9-16-14(18)13-12(3)7-5-8-15-13/h11-13,15H,5-10H2,1-4H3,(H,16,18). The fraction of sp³-hybridized carbons (Fsp3) is 0.929. The summed E-state index contributed by atoms with van der Waals surface area (Å²) in [7, 11) is 2.12. The van der Waals surface area contributed by atoms with E-state index in [0.29, 0.717) is 12.0 Å². The maximum absolute atomic E-state index is 12.0. The third-order valence-corrected chi connectivity index (χ3v) is 3.92. The van der Waals surface area contributed by atoms with Crippen molar-refractivity contribution in [2.24, 2.45) is 5.92 Å². The number of carbonyl (C=O) groups is 1. The molecule has 1 rings (SSSR count). The van der Waals surface area contributed by atoms with Crippen LogP contribution in [0.2, 0.25) is 0 Å². The summed E-state index contributed by atoms with van der Waals surface area (Å²) in [6.07, 6.45) is 3.35. The first-order chi connectivity index (χ1) is 8.52. The second-order valence-corrected chi connectivity index (χ2v) is 5.77. The summed E-state index contributed by atoms with van der Waals surface area (Å²) in [5.41, 5.74) is 0. The summed E-state index contributed by atoms with van der Waals surface area (Å²) in [5.74, 6) is 0.631. The lowest BCUT2D eigenvalue weighted by Crippen LogP contribution is -2.51. The fourth-order valence-electron chi connectivity index (χ4n) is 2.31. The second-order valence-electron chi connectivity index (χ2n) is 5.77. The van der Waals surface area contributed by atoms with Gasteiger partial charge in [-0.3, -0.25) is 4.79 Å². The molecule has 1 amide bonds. The van der Waals surface area contributed by atoms with E-state index in [1.165, 1.54) is 6.42 Å². The molecule has 0 radical (unpaired) electrons. The molecule has 1 fully saturated rings. The van der Waals surface area contributed by atoms with E-state index in [2.05, 4.69) is 43.4 Å². The molecule has 0 bridgehead atoms. The molecule has 1 saturated heterocycles. The van der Waals surface area contributed by atoms with Crippen LogP contribution in [0.5, 0.6) is 0 Å². The minimum atomic E-state index is 0.0154. The first kappa shape index (κ1) is 15.4. The van der Waals surface area contributed by atoms with Gasteiger partial charge in [-0.2, -0.15) is 0 Å². The molecule has 0 saturated carbocycles. The quantitative estimate of drug-likeness (QED) is 0.702. The zero-order valence-corrected chi connectivity index (χ0v) is 12.3. The van der Waals surface area contributed by atoms with Crippen molar-refractivity contribution in [1.29, 1.82) is 0 Å². The van der Waals surface area contributed by atoms with Gasteiger partial charge in [0, 0.05) is 12.6 Å². The number of nitrogens with zero attached hydrogens (tertiary/aromatic N) is 1. The molecule has 0 spiro atoms. The highest BCUT2D eigenvalue weighted by molar-refractivity contribution is 5.82. The van der Waals surface area contributed by atoms with E-state index in [4.69, 9.17) is 0 Å². The number of rotatable bonds is 6. The average Bonchev–Trinajstić information content (AvgIpc) is 2.34. The fourth-order valence-corrected chi connectivity index (χ4v) is 2.31. The number of hydrogen-bond donors (Lipinski definition) is 2. The van der Waals surface area contributed by atoms with Crippen molar-refractivity contribution < 1.29 is 4.79 Å². The molecule has 4 nitrogen and oxygen atoms in total. The van der Waals surface area contributed by atoms with Crippen LogP contribution in [0.3, 0.4) is 0 Å². The smallest absolute Gasteiger partial charge is 0.237 e. The van der Waals surface area contributed by atoms with Crippen LogP contribution < -0.4 is 10.6 Å². The van der Waals surface area contributed by atoms with Crippen LogP contribution in [-0.2, 0) is 4.79 Å². The summed E-state index contributed by atoms with van der Waals surface area (Å²) in [5, 5.41) is 6.36. The average molecular weight is 255 g/mol. The highest BCUT2D eigenvalue weighted by Crippen LogP contribution is 2.15. The molecule has 1 aliphatic rings. The Kier molecular flexibility index (Phi) is 6.65. The lowest BCUT2D eigenvalue weighted by atomic mass is 9.92. The Hall–Kier alpha value is -0.610. The maximum atomic E-state index is 12.0. The van der Waals surface area contributed by atoms with Gasteiger partial charge in [-0.15, -0.1) is 0 Å². The van der Waals surface area contributed by atoms with Gasteiger partial charge >= 0.3 is 0 Å². The van der Waals surface area contributed by atoms with Crippen LogP contribution in [-0.4, -0.2) is 49.6 Å². The van der Waals surface area contributed by atoms with Crippen molar-refractivity contribution in [2.75, 3.05) is 26.7 Å². The number of amides is 1. The Bertz CT molecular complexity index is 255. The van der Waals surface area contributed by atoms with Crippen molar-refractivity contribution in [3.05, 3.63) is 0 Å². The summed E-state index contributed by atoms with van der Waals surface area (Å²) in [4.78, 5) is 14.3. The van der Waals surface area contributed by atoms with E-state index in [1.54, 1.807) is 0 Å². The van der Waals surface area contributed by atoms with Crippen molar-refractivity contribution >= 4 is 5.91 Å². The van der Waals surface area contributed by atoms with Crippen LogP contribution in [0, 0.1) is 5.92 Å². The molecule has 1 aliphatic heterocycles. The molecule has 2 unspecified atom stereocenters. The Labute approximate surface area is 111 Å². The van der Waals surface area contributed by atoms with Gasteiger partial charge in [-0.1, -0.05) is 6.92 Å². The lowest BCUT2D eigenvalue weighted by molar-refractivity contribution is -0.124. The third kappa shape index (κ3) is 4.94. The molecule has 2 N–H and O–H groups in total. The van der Waals surface area contributed by atoms with Crippen molar-refractivity contribution in [1.82, 2.24) is 15.5 Å². The highest BCUT2D eigenvalue weighted by Gasteiger charge is 2.26. The van der Waals surface area contributed by atoms with Crippen molar-refractivity contribution in [2.45, 2.75) is 52.1 Å². The largest absolute Gasteiger partial charge is 0.355 e. The maximum Gasteiger partial charge on any atom is 0.237 e. The van der Waals surface area contributed by atoms with Crippen LogP contribution in [0.1, 0.15) is 40.0 Å². The van der Waals surface area contributed by atoms with Gasteiger partial charge < -0.3 is 15.5 Å². The minimum Gasteiger partial charge on any atom is -0.355 e. The summed E-state index contributed by atoms with van der Waals surface area (Å²) < 4.78 is 0. The third-order valence-electron chi connectivity index (χ3n) is 3.92. The van der Waals surface area contributed by atoms with Crippen LogP contribution >= 0.6 is 0 Å². The van der Waals surface area contributed by atoms with E-state index in [0.717, 1.165) is 32.5 Å². The van der Waals surface area contributed by atoms with Crippen LogP contribution in [0.15, 0.2) is 0 Å². The Balaban J connectivity index is 2.16. The van der Waals surface area contributed by atoms with Gasteiger partial charge in [0.15, 0.2) is 0 Å². The van der Waals surface area contributed by atoms with Gasteiger partial charge in [-0.05, 0) is 59.2 Å². The minimum absolute atomic E-state index is 0.0154. The predicted molar refractivity (Wildman–Crippen MR) is 75.6 cm³/mol. The number of nitrogens with one attached hydrogen (secondary N) is 2. The Morgan fingerprint density at radius 1 is 1.50 bits per heavy atom. The summed E-state index contributed by atoms with van der Waals surface area (Å²) in [6.45, 7) is 9.31. The molecule has 2 atom stereocenters. The first-order valence-electron chi connectivity index (χ1n) is 7.23. The molecular weight excluding hydrogens is 226 g/mol. The Morgan fingerprint density at radius 2 is 2.22 bits per heavy atom. The second kappa shape index (κ2) is 7.74. The summed E-state index contributed by atoms with van der Waals surface area (Å²) >= 11 is 0. The van der Waals surface area contributed by atoms with Crippen molar-refractivity contribution in [3.63, 3.8) is 0 Å². The van der Waals surface area contributed by atoms with E-state index in [-0.39, 0.29) is 11.9 Å². The van der Waals surface area contributed by atoms with E-state index >= 15 is 0 Å². The van der Waals surface area contributed by atoms with Gasteiger partial charge in [-0.25, -0.2) is 0 Å². The molecule has 4 heteroatoms. The molecule has 0 aromatic carbocycles. The van der Waals surface area contributed by atoms with Crippen molar-refractivity contribution in [3.8, 4) is 0 Å². The number of carbonyl (C=O) groups excluding carboxylic acids is 1. The normalized spacial score (nSPS) is 24.6. The lowest BCUT2D eigenvalue weighted by Gasteiger charge is -2.29. The molecule has 1 heterocycles. The molecule has 106 valence electrons. The van der Waals surface area contributed by atoms with Gasteiger partial charge in [0.05, 0.1) is 6.04 Å². The van der Waals surface area contributed by atoms with Crippen LogP contribution in [0.4, 0.5) is 0 Å². The predicted octanol–water partition coefficient (Wildman–Crippen LogP) is 1.22. The van der Waals surface area contributed by atoms with Gasteiger partial charge in [0.25, 0.3) is 0 Å². The molecule has 0 aromatic heterocycles. The highest BCUT2D eigenvalue weighted by atomic mass is 16.2. The van der Waals surface area contributed by atoms with E-state index < -0.39 is 0 Å². The van der Waals surface area contributed by atoms with Gasteiger partial charge in [0.2, 0.25) is 5.91 Å². The Morgan fingerprint density at radius 3 is 2.83 bits per heavy atom. The van der Waals surface area contributed by atoms with Gasteiger partial charge in [0.1, 0.15) is 0 Å². The van der Waals surface area contributed by atoms with E-state index in [9.17, 15) is 4.79 Å². The first-order valence-corrected chi connectivity index (χ1v) is 7.23. The topological polar surface area (TPSA) is 44.4 Å². The molecule has 0 aromatic rings. The monoisotopic (exact) mass is 255 g/mol.